The maximum Gasteiger partial charge on any atom is 0.0609 e. The Morgan fingerprint density at radius 2 is 1.76 bits per heavy atom. The van der Waals surface area contributed by atoms with Crippen LogP contribution in [0.5, 0.6) is 0 Å². The van der Waals surface area contributed by atoms with Crippen LogP contribution in [0, 0.1) is 6.92 Å². The predicted molar refractivity (Wildman–Crippen MR) is 108 cm³/mol. The fourth-order valence-electron chi connectivity index (χ4n) is 3.18. The minimum Gasteiger partial charge on any atom is -0.342 e. The Labute approximate surface area is 158 Å². The fraction of sp³-hybridized carbons (Fsp3) is 0.250. The second kappa shape index (κ2) is 7.51. The highest BCUT2D eigenvalue weighted by molar-refractivity contribution is 6.35. The van der Waals surface area contributed by atoms with Gasteiger partial charge in [0, 0.05) is 43.8 Å². The monoisotopic (exact) mass is 373 g/mol. The lowest BCUT2D eigenvalue weighted by Gasteiger charge is -2.12. The van der Waals surface area contributed by atoms with Crippen LogP contribution in [0.15, 0.2) is 47.6 Å². The third-order valence-corrected chi connectivity index (χ3v) is 5.03. The van der Waals surface area contributed by atoms with Gasteiger partial charge in [0.05, 0.1) is 12.8 Å². The van der Waals surface area contributed by atoms with Crippen LogP contribution in [0.2, 0.25) is 10.0 Å². The number of hydrogen-bond donors (Lipinski definition) is 1. The fourth-order valence-corrected chi connectivity index (χ4v) is 3.71. The molecular weight excluding hydrogens is 353 g/mol. The zero-order valence-electron chi connectivity index (χ0n) is 14.6. The SMILES string of the molecule is Cc1c(/C=N/NCc2c(Cl)cccc2Cl)c2ccccc2n1C(C)C. The molecule has 25 heavy (non-hydrogen) atoms. The molecule has 2 aromatic carbocycles. The van der Waals surface area contributed by atoms with E-state index in [2.05, 4.69) is 60.1 Å². The van der Waals surface area contributed by atoms with Crippen molar-refractivity contribution < 1.29 is 0 Å². The van der Waals surface area contributed by atoms with Gasteiger partial charge in [-0.3, -0.25) is 0 Å². The molecule has 3 nitrogen and oxygen atoms in total. The van der Waals surface area contributed by atoms with E-state index in [1.807, 2.05) is 24.4 Å². The molecule has 0 fully saturated rings. The van der Waals surface area contributed by atoms with Gasteiger partial charge in [0.1, 0.15) is 0 Å². The number of benzene rings is 2. The van der Waals surface area contributed by atoms with Crippen LogP contribution in [0.1, 0.15) is 36.7 Å². The second-order valence-corrected chi connectivity index (χ2v) is 7.09. The van der Waals surface area contributed by atoms with Crippen LogP contribution in [-0.2, 0) is 6.54 Å². The van der Waals surface area contributed by atoms with E-state index >= 15 is 0 Å². The van der Waals surface area contributed by atoms with Gasteiger partial charge in [0.2, 0.25) is 0 Å². The van der Waals surface area contributed by atoms with Crippen molar-refractivity contribution in [3.63, 3.8) is 0 Å². The molecule has 0 aliphatic rings. The van der Waals surface area contributed by atoms with Gasteiger partial charge in [-0.1, -0.05) is 47.5 Å². The summed E-state index contributed by atoms with van der Waals surface area (Å²) >= 11 is 12.4. The molecule has 3 rings (SSSR count). The van der Waals surface area contributed by atoms with Crippen LogP contribution in [-0.4, -0.2) is 10.8 Å². The molecule has 130 valence electrons. The van der Waals surface area contributed by atoms with Crippen molar-refractivity contribution in [1.82, 2.24) is 9.99 Å². The number of nitrogens with zero attached hydrogens (tertiary/aromatic N) is 2. The van der Waals surface area contributed by atoms with Crippen LogP contribution in [0.25, 0.3) is 10.9 Å². The quantitative estimate of drug-likeness (QED) is 0.433. The molecule has 0 bridgehead atoms. The van der Waals surface area contributed by atoms with Gasteiger partial charge in [-0.05, 0) is 39.0 Å². The number of hydrogen-bond acceptors (Lipinski definition) is 2. The van der Waals surface area contributed by atoms with Crippen molar-refractivity contribution in [3.8, 4) is 0 Å². The minimum atomic E-state index is 0.391. The Morgan fingerprint density at radius 1 is 1.08 bits per heavy atom. The molecule has 0 aliphatic carbocycles. The highest BCUT2D eigenvalue weighted by atomic mass is 35.5. The number of rotatable bonds is 5. The lowest BCUT2D eigenvalue weighted by Crippen LogP contribution is -2.07. The Hall–Kier alpha value is -1.97. The van der Waals surface area contributed by atoms with Crippen LogP contribution in [0.3, 0.4) is 0 Å². The van der Waals surface area contributed by atoms with Crippen molar-refractivity contribution in [2.75, 3.05) is 0 Å². The summed E-state index contributed by atoms with van der Waals surface area (Å²) in [5.74, 6) is 0. The maximum atomic E-state index is 6.19. The van der Waals surface area contributed by atoms with E-state index in [0.29, 0.717) is 22.6 Å². The Bertz CT molecular complexity index is 906. The van der Waals surface area contributed by atoms with E-state index in [-0.39, 0.29) is 0 Å². The first kappa shape index (κ1) is 17.8. The number of hydrazone groups is 1. The number of para-hydroxylation sites is 1. The molecule has 5 heteroatoms. The van der Waals surface area contributed by atoms with Crippen molar-refractivity contribution >= 4 is 40.3 Å². The summed E-state index contributed by atoms with van der Waals surface area (Å²) in [7, 11) is 0. The van der Waals surface area contributed by atoms with Crippen LogP contribution < -0.4 is 5.43 Å². The molecule has 0 spiro atoms. The highest BCUT2D eigenvalue weighted by Crippen LogP contribution is 2.28. The summed E-state index contributed by atoms with van der Waals surface area (Å²) < 4.78 is 2.33. The number of nitrogens with one attached hydrogen (secondary N) is 1. The first-order chi connectivity index (χ1) is 12.0. The van der Waals surface area contributed by atoms with Gasteiger partial charge < -0.3 is 9.99 Å². The third-order valence-electron chi connectivity index (χ3n) is 4.32. The molecule has 3 aromatic rings. The summed E-state index contributed by atoms with van der Waals surface area (Å²) in [6, 6.07) is 14.3. The average molecular weight is 374 g/mol. The lowest BCUT2D eigenvalue weighted by atomic mass is 10.1. The molecule has 0 unspecified atom stereocenters. The highest BCUT2D eigenvalue weighted by Gasteiger charge is 2.14. The Kier molecular flexibility index (Phi) is 5.36. The first-order valence-electron chi connectivity index (χ1n) is 8.29. The van der Waals surface area contributed by atoms with Crippen molar-refractivity contribution in [1.29, 1.82) is 0 Å². The van der Waals surface area contributed by atoms with E-state index < -0.39 is 0 Å². The molecule has 0 saturated heterocycles. The summed E-state index contributed by atoms with van der Waals surface area (Å²) in [5, 5.41) is 6.88. The Morgan fingerprint density at radius 3 is 2.44 bits per heavy atom. The van der Waals surface area contributed by atoms with Gasteiger partial charge in [-0.25, -0.2) is 0 Å². The molecule has 0 atom stereocenters. The first-order valence-corrected chi connectivity index (χ1v) is 9.04. The molecule has 0 radical (unpaired) electrons. The summed E-state index contributed by atoms with van der Waals surface area (Å²) in [5.41, 5.74) is 7.47. The molecule has 0 saturated carbocycles. The lowest BCUT2D eigenvalue weighted by molar-refractivity contribution is 0.607. The van der Waals surface area contributed by atoms with Crippen molar-refractivity contribution in [2.24, 2.45) is 5.10 Å². The van der Waals surface area contributed by atoms with E-state index in [1.54, 1.807) is 0 Å². The zero-order chi connectivity index (χ0) is 18.0. The topological polar surface area (TPSA) is 29.3 Å². The number of aromatic nitrogens is 1. The van der Waals surface area contributed by atoms with E-state index in [4.69, 9.17) is 23.2 Å². The van der Waals surface area contributed by atoms with Crippen LogP contribution >= 0.6 is 23.2 Å². The van der Waals surface area contributed by atoms with Gasteiger partial charge in [0.15, 0.2) is 0 Å². The predicted octanol–water partition coefficient (Wildman–Crippen LogP) is 5.96. The minimum absolute atomic E-state index is 0.391. The van der Waals surface area contributed by atoms with Gasteiger partial charge >= 0.3 is 0 Å². The van der Waals surface area contributed by atoms with Gasteiger partial charge in [-0.2, -0.15) is 5.10 Å². The second-order valence-electron chi connectivity index (χ2n) is 6.27. The molecule has 1 heterocycles. The summed E-state index contributed by atoms with van der Waals surface area (Å²) in [6.07, 6.45) is 1.88. The van der Waals surface area contributed by atoms with E-state index in [0.717, 1.165) is 11.1 Å². The third kappa shape index (κ3) is 3.53. The van der Waals surface area contributed by atoms with Gasteiger partial charge in [0.25, 0.3) is 0 Å². The zero-order valence-corrected chi connectivity index (χ0v) is 16.1. The standard InChI is InChI=1S/C20H21Cl2N3/c1-13(2)25-14(3)16(15-7-4-5-10-20(15)25)11-23-24-12-17-18(21)8-6-9-19(17)22/h4-11,13,24H,12H2,1-3H3/b23-11+. The molecule has 1 N–H and O–H groups in total. The molecule has 0 amide bonds. The normalized spacial score (nSPS) is 11.8. The maximum absolute atomic E-state index is 6.19. The summed E-state index contributed by atoms with van der Waals surface area (Å²) in [6.45, 7) is 7.00. The van der Waals surface area contributed by atoms with Gasteiger partial charge in [-0.15, -0.1) is 0 Å². The summed E-state index contributed by atoms with van der Waals surface area (Å²) in [4.78, 5) is 0. The van der Waals surface area contributed by atoms with Crippen LogP contribution in [0.4, 0.5) is 0 Å². The van der Waals surface area contributed by atoms with Crippen molar-refractivity contribution in [2.45, 2.75) is 33.4 Å². The van der Waals surface area contributed by atoms with E-state index in [9.17, 15) is 0 Å². The Balaban J connectivity index is 1.86. The number of fused-ring (bicyclic) bond motifs is 1. The van der Waals surface area contributed by atoms with E-state index in [1.165, 1.54) is 16.6 Å². The number of halogens is 2. The largest absolute Gasteiger partial charge is 0.342 e. The molecule has 1 aromatic heterocycles. The smallest absolute Gasteiger partial charge is 0.0609 e. The van der Waals surface area contributed by atoms with Crippen molar-refractivity contribution in [3.05, 3.63) is 69.3 Å². The molecule has 0 aliphatic heterocycles. The molecular formula is C20H21Cl2N3. The average Bonchev–Trinajstić information content (AvgIpc) is 2.85.